The number of hydrogen-bond acceptors (Lipinski definition) is 3. The number of benzene rings is 1. The van der Waals surface area contributed by atoms with E-state index in [1.54, 1.807) is 5.56 Å². The summed E-state index contributed by atoms with van der Waals surface area (Å²) < 4.78 is 0. The molecule has 1 fully saturated rings. The van der Waals surface area contributed by atoms with Gasteiger partial charge < -0.3 is 15.1 Å². The molecule has 0 aliphatic carbocycles. The number of likely N-dealkylation sites (N-methyl/N-ethyl adjacent to an activating group) is 1. The van der Waals surface area contributed by atoms with Crippen LogP contribution in [0.5, 0.6) is 0 Å². The molecule has 0 spiro atoms. The van der Waals surface area contributed by atoms with Crippen LogP contribution in [0.1, 0.15) is 17.9 Å². The van der Waals surface area contributed by atoms with Gasteiger partial charge in [0.25, 0.3) is 0 Å². The van der Waals surface area contributed by atoms with Crippen LogP contribution in [-0.4, -0.2) is 39.3 Å². The predicted octanol–water partition coefficient (Wildman–Crippen LogP) is 2.25. The van der Waals surface area contributed by atoms with Crippen molar-refractivity contribution in [2.75, 3.05) is 43.0 Å². The van der Waals surface area contributed by atoms with Crippen molar-refractivity contribution in [3.05, 3.63) is 23.8 Å². The molecule has 1 saturated heterocycles. The third-order valence-corrected chi connectivity index (χ3v) is 4.67. The van der Waals surface area contributed by atoms with Crippen LogP contribution in [0.15, 0.2) is 18.2 Å². The molecule has 2 unspecified atom stereocenters. The van der Waals surface area contributed by atoms with E-state index in [1.165, 1.54) is 30.9 Å². The molecule has 3 aliphatic rings. The van der Waals surface area contributed by atoms with E-state index in [4.69, 9.17) is 0 Å². The maximum atomic E-state index is 3.55. The molecule has 5 heteroatoms. The highest BCUT2D eigenvalue weighted by molar-refractivity contribution is 5.85. The summed E-state index contributed by atoms with van der Waals surface area (Å²) in [5, 5.41) is 3.55. The van der Waals surface area contributed by atoms with Gasteiger partial charge in [-0.25, -0.2) is 0 Å². The second kappa shape index (κ2) is 5.39. The van der Waals surface area contributed by atoms with Gasteiger partial charge in [0, 0.05) is 38.6 Å². The minimum absolute atomic E-state index is 0. The van der Waals surface area contributed by atoms with E-state index in [0.29, 0.717) is 5.92 Å². The zero-order valence-electron chi connectivity index (χ0n) is 11.1. The van der Waals surface area contributed by atoms with Gasteiger partial charge in [0.1, 0.15) is 0 Å². The third kappa shape index (κ3) is 1.99. The van der Waals surface area contributed by atoms with E-state index in [9.17, 15) is 0 Å². The quantitative estimate of drug-likeness (QED) is 0.793. The van der Waals surface area contributed by atoms with Gasteiger partial charge >= 0.3 is 0 Å². The van der Waals surface area contributed by atoms with Gasteiger partial charge in [-0.05, 0) is 24.6 Å². The smallest absolute Gasteiger partial charge is 0.0644 e. The first-order valence-electron chi connectivity index (χ1n) is 6.67. The third-order valence-electron chi connectivity index (χ3n) is 4.67. The number of rotatable bonds is 0. The van der Waals surface area contributed by atoms with Gasteiger partial charge in [-0.2, -0.15) is 0 Å². The van der Waals surface area contributed by atoms with Gasteiger partial charge in [0.2, 0.25) is 0 Å². The number of halogens is 2. The highest BCUT2D eigenvalue weighted by Crippen LogP contribution is 2.49. The van der Waals surface area contributed by atoms with Crippen molar-refractivity contribution < 1.29 is 0 Å². The molecule has 19 heavy (non-hydrogen) atoms. The van der Waals surface area contributed by atoms with E-state index in [0.717, 1.165) is 19.1 Å². The Morgan fingerprint density at radius 1 is 1.21 bits per heavy atom. The molecule has 0 amide bonds. The first kappa shape index (κ1) is 14.8. The molecule has 0 aromatic heterocycles. The Labute approximate surface area is 127 Å². The van der Waals surface area contributed by atoms with E-state index in [1.807, 2.05) is 0 Å². The van der Waals surface area contributed by atoms with Crippen LogP contribution < -0.4 is 15.1 Å². The van der Waals surface area contributed by atoms with Gasteiger partial charge in [-0.3, -0.25) is 0 Å². The molecule has 0 saturated carbocycles. The second-order valence-corrected chi connectivity index (χ2v) is 5.50. The Balaban J connectivity index is 0.000000667. The molecule has 3 nitrogen and oxygen atoms in total. The molecule has 1 aromatic rings. The number of fused-ring (bicyclic) bond motifs is 3. The zero-order chi connectivity index (χ0) is 11.4. The monoisotopic (exact) mass is 301 g/mol. The highest BCUT2D eigenvalue weighted by atomic mass is 35.5. The van der Waals surface area contributed by atoms with Crippen molar-refractivity contribution in [3.63, 3.8) is 0 Å². The van der Waals surface area contributed by atoms with Crippen LogP contribution in [0.4, 0.5) is 11.4 Å². The van der Waals surface area contributed by atoms with Crippen LogP contribution in [0.2, 0.25) is 0 Å². The molecule has 4 rings (SSSR count). The average molecular weight is 302 g/mol. The molecule has 1 N–H and O–H groups in total. The highest BCUT2D eigenvalue weighted by Gasteiger charge is 2.42. The molecule has 106 valence electrons. The maximum absolute atomic E-state index is 3.55. The fraction of sp³-hybridized carbons (Fsp3) is 0.571. The summed E-state index contributed by atoms with van der Waals surface area (Å²) in [7, 11) is 2.22. The lowest BCUT2D eigenvalue weighted by atomic mass is 9.90. The largest absolute Gasteiger partial charge is 0.371 e. The number of anilines is 2. The number of hydrogen-bond donors (Lipinski definition) is 1. The standard InChI is InChI=1S/C14H19N3.2ClH/c1-16-7-8-17-12-5-6-15-9-11(12)10-3-2-4-13(16)14(10)17;;/h2-4,11-12,15H,5-9H2,1H3;2*1H. The Bertz CT molecular complexity index is 466. The molecule has 3 heterocycles. The van der Waals surface area contributed by atoms with E-state index in [-0.39, 0.29) is 24.8 Å². The topological polar surface area (TPSA) is 18.5 Å². The van der Waals surface area contributed by atoms with Crippen molar-refractivity contribution in [2.24, 2.45) is 0 Å². The maximum Gasteiger partial charge on any atom is 0.0644 e. The summed E-state index contributed by atoms with van der Waals surface area (Å²) in [6, 6.07) is 7.59. The molecule has 0 radical (unpaired) electrons. The van der Waals surface area contributed by atoms with Gasteiger partial charge in [0.05, 0.1) is 11.4 Å². The molecule has 2 atom stereocenters. The van der Waals surface area contributed by atoms with Crippen molar-refractivity contribution in [1.29, 1.82) is 0 Å². The van der Waals surface area contributed by atoms with Gasteiger partial charge in [-0.15, -0.1) is 24.8 Å². The number of piperidine rings is 1. The number of nitrogens with one attached hydrogen (secondary N) is 1. The summed E-state index contributed by atoms with van der Waals surface area (Å²) in [5.41, 5.74) is 4.54. The molecular formula is C14H21Cl2N3. The van der Waals surface area contributed by atoms with Crippen molar-refractivity contribution in [1.82, 2.24) is 5.32 Å². The average Bonchev–Trinajstić information content (AvgIpc) is 2.70. The van der Waals surface area contributed by atoms with Crippen LogP contribution in [0.3, 0.4) is 0 Å². The summed E-state index contributed by atoms with van der Waals surface area (Å²) in [4.78, 5) is 5.08. The first-order valence-corrected chi connectivity index (χ1v) is 6.67. The number of para-hydroxylation sites is 1. The van der Waals surface area contributed by atoms with Crippen molar-refractivity contribution >= 4 is 36.2 Å². The van der Waals surface area contributed by atoms with Crippen LogP contribution >= 0.6 is 24.8 Å². The van der Waals surface area contributed by atoms with E-state index < -0.39 is 0 Å². The van der Waals surface area contributed by atoms with Crippen LogP contribution in [-0.2, 0) is 0 Å². The summed E-state index contributed by atoms with van der Waals surface area (Å²) in [5.74, 6) is 0.713. The van der Waals surface area contributed by atoms with E-state index >= 15 is 0 Å². The lowest BCUT2D eigenvalue weighted by molar-refractivity contribution is 0.402. The minimum Gasteiger partial charge on any atom is -0.371 e. The Morgan fingerprint density at radius 3 is 2.89 bits per heavy atom. The second-order valence-electron chi connectivity index (χ2n) is 5.50. The Kier molecular flexibility index (Phi) is 4.19. The molecule has 3 aliphatic heterocycles. The fourth-order valence-electron chi connectivity index (χ4n) is 3.83. The minimum atomic E-state index is 0. The van der Waals surface area contributed by atoms with Crippen LogP contribution in [0.25, 0.3) is 0 Å². The van der Waals surface area contributed by atoms with Crippen molar-refractivity contribution in [3.8, 4) is 0 Å². The van der Waals surface area contributed by atoms with Gasteiger partial charge in [-0.1, -0.05) is 12.1 Å². The normalized spacial score (nSPS) is 27.0. The number of nitrogens with zero attached hydrogens (tertiary/aromatic N) is 2. The molecule has 0 bridgehead atoms. The predicted molar refractivity (Wildman–Crippen MR) is 85.6 cm³/mol. The lowest BCUT2D eigenvalue weighted by Gasteiger charge is -2.39. The lowest BCUT2D eigenvalue weighted by Crippen LogP contribution is -2.48. The SMILES string of the molecule is CN1CCN2c3c(cccc31)C1CNCCC12.Cl.Cl. The zero-order valence-corrected chi connectivity index (χ0v) is 12.8. The molecule has 1 aromatic carbocycles. The fourth-order valence-corrected chi connectivity index (χ4v) is 3.83. The van der Waals surface area contributed by atoms with Gasteiger partial charge in [0.15, 0.2) is 0 Å². The van der Waals surface area contributed by atoms with Crippen molar-refractivity contribution in [2.45, 2.75) is 18.4 Å². The summed E-state index contributed by atoms with van der Waals surface area (Å²) >= 11 is 0. The van der Waals surface area contributed by atoms with Crippen LogP contribution in [0, 0.1) is 0 Å². The van der Waals surface area contributed by atoms with E-state index in [2.05, 4.69) is 40.4 Å². The Hall–Kier alpha value is -0.640. The first-order chi connectivity index (χ1) is 8.36. The summed E-state index contributed by atoms with van der Waals surface area (Å²) in [6.07, 6.45) is 1.29. The molecular weight excluding hydrogens is 281 g/mol. The summed E-state index contributed by atoms with van der Waals surface area (Å²) in [6.45, 7) is 4.69. The Morgan fingerprint density at radius 2 is 2.05 bits per heavy atom.